The summed E-state index contributed by atoms with van der Waals surface area (Å²) in [4.78, 5) is 12.3. The minimum Gasteiger partial charge on any atom is -0.434 e. The zero-order valence-corrected chi connectivity index (χ0v) is 15.5. The Balaban J connectivity index is 2.04. The van der Waals surface area contributed by atoms with Crippen molar-refractivity contribution in [2.24, 2.45) is 0 Å². The number of benzene rings is 2. The molecule has 0 aromatic heterocycles. The first-order chi connectivity index (χ1) is 12.7. The van der Waals surface area contributed by atoms with E-state index >= 15 is 0 Å². The second kappa shape index (κ2) is 8.77. The molecule has 2 rings (SSSR count). The first kappa shape index (κ1) is 20.6. The Morgan fingerprint density at radius 1 is 1.11 bits per heavy atom. The maximum Gasteiger partial charge on any atom is 0.387 e. The van der Waals surface area contributed by atoms with Crippen molar-refractivity contribution in [3.63, 3.8) is 0 Å². The number of ether oxygens (including phenoxy) is 1. The number of hydrogen-bond acceptors (Lipinski definition) is 4. The number of halogens is 2. The smallest absolute Gasteiger partial charge is 0.387 e. The second-order valence-corrected chi connectivity index (χ2v) is 7.84. The van der Waals surface area contributed by atoms with Gasteiger partial charge in [-0.1, -0.05) is 30.3 Å². The van der Waals surface area contributed by atoms with Crippen molar-refractivity contribution in [2.45, 2.75) is 24.5 Å². The molecule has 0 saturated carbocycles. The number of alkyl halides is 2. The summed E-state index contributed by atoms with van der Waals surface area (Å²) in [5.74, 6) is -0.456. The lowest BCUT2D eigenvalue weighted by Crippen LogP contribution is -2.24. The number of sulfone groups is 1. The molecular formula is C19H19F2NO4S. The largest absolute Gasteiger partial charge is 0.434 e. The third-order valence-electron chi connectivity index (χ3n) is 3.72. The Hall–Kier alpha value is -2.74. The van der Waals surface area contributed by atoms with Crippen molar-refractivity contribution in [1.82, 2.24) is 5.32 Å². The van der Waals surface area contributed by atoms with Gasteiger partial charge in [0.25, 0.3) is 0 Å². The molecule has 0 aliphatic rings. The van der Waals surface area contributed by atoms with Crippen LogP contribution in [-0.4, -0.2) is 27.2 Å². The van der Waals surface area contributed by atoms with E-state index in [9.17, 15) is 22.0 Å². The Morgan fingerprint density at radius 3 is 2.33 bits per heavy atom. The summed E-state index contributed by atoms with van der Waals surface area (Å²) < 4.78 is 52.1. The molecule has 8 heteroatoms. The molecule has 2 aromatic carbocycles. The van der Waals surface area contributed by atoms with E-state index in [0.717, 1.165) is 11.8 Å². The summed E-state index contributed by atoms with van der Waals surface area (Å²) >= 11 is 0. The van der Waals surface area contributed by atoms with E-state index in [1.165, 1.54) is 30.4 Å². The van der Waals surface area contributed by atoms with Crippen LogP contribution in [0.3, 0.4) is 0 Å². The number of hydrogen-bond donors (Lipinski definition) is 1. The topological polar surface area (TPSA) is 72.5 Å². The molecule has 1 unspecified atom stereocenters. The van der Waals surface area contributed by atoms with Crippen molar-refractivity contribution in [3.05, 3.63) is 65.7 Å². The molecule has 1 atom stereocenters. The van der Waals surface area contributed by atoms with Crippen LogP contribution in [0.2, 0.25) is 0 Å². The minimum atomic E-state index is -3.28. The number of amides is 1. The van der Waals surface area contributed by atoms with Gasteiger partial charge in [0, 0.05) is 17.9 Å². The van der Waals surface area contributed by atoms with Gasteiger partial charge in [0.1, 0.15) is 5.75 Å². The number of nitrogens with one attached hydrogen (secondary N) is 1. The maximum atomic E-state index is 12.4. The van der Waals surface area contributed by atoms with E-state index in [1.807, 2.05) is 0 Å². The van der Waals surface area contributed by atoms with Crippen molar-refractivity contribution < 1.29 is 26.7 Å². The lowest BCUT2D eigenvalue weighted by molar-refractivity contribution is -0.117. The molecule has 1 amide bonds. The van der Waals surface area contributed by atoms with Crippen LogP contribution in [0.1, 0.15) is 24.1 Å². The van der Waals surface area contributed by atoms with Crippen LogP contribution in [0.25, 0.3) is 6.08 Å². The fraction of sp³-hybridized carbons (Fsp3) is 0.211. The Bertz CT molecular complexity index is 925. The summed E-state index contributed by atoms with van der Waals surface area (Å²) in [7, 11) is -3.28. The second-order valence-electron chi connectivity index (χ2n) is 5.82. The van der Waals surface area contributed by atoms with Crippen LogP contribution >= 0.6 is 0 Å². The number of carbonyl (C=O) groups is 1. The molecule has 0 radical (unpaired) electrons. The molecule has 144 valence electrons. The van der Waals surface area contributed by atoms with Gasteiger partial charge < -0.3 is 10.1 Å². The van der Waals surface area contributed by atoms with Crippen molar-refractivity contribution in [2.75, 3.05) is 6.26 Å². The molecule has 0 aliphatic carbocycles. The van der Waals surface area contributed by atoms with Crippen LogP contribution in [0, 0.1) is 0 Å². The van der Waals surface area contributed by atoms with Gasteiger partial charge in [-0.2, -0.15) is 8.78 Å². The molecule has 0 bridgehead atoms. The minimum absolute atomic E-state index is 0.0269. The molecular weight excluding hydrogens is 376 g/mol. The van der Waals surface area contributed by atoms with Crippen molar-refractivity contribution in [1.29, 1.82) is 0 Å². The molecule has 1 N–H and O–H groups in total. The fourth-order valence-electron chi connectivity index (χ4n) is 2.34. The van der Waals surface area contributed by atoms with Crippen LogP contribution in [0.4, 0.5) is 8.78 Å². The molecule has 27 heavy (non-hydrogen) atoms. The first-order valence-electron chi connectivity index (χ1n) is 7.99. The van der Waals surface area contributed by atoms with Gasteiger partial charge in [0.15, 0.2) is 9.84 Å². The van der Waals surface area contributed by atoms with Crippen molar-refractivity contribution >= 4 is 21.8 Å². The lowest BCUT2D eigenvalue weighted by Gasteiger charge is -2.13. The number of rotatable bonds is 7. The number of para-hydroxylation sites is 1. The summed E-state index contributed by atoms with van der Waals surface area (Å²) in [6.07, 6.45) is 3.72. The predicted octanol–water partition coefficient (Wildman–Crippen LogP) is 3.58. The number of carbonyl (C=O) groups excluding carboxylic acids is 1. The first-order valence-corrected chi connectivity index (χ1v) is 9.88. The van der Waals surface area contributed by atoms with E-state index in [1.54, 1.807) is 37.3 Å². The standard InChI is InChI=1S/C19H19F2NO4S/c1-13(14-7-10-16(11-8-14)27(2,24)25)22-18(23)12-9-15-5-3-4-6-17(15)26-19(20)21/h3-13,19H,1-2H3,(H,22,23)/b12-9+. The van der Waals surface area contributed by atoms with Gasteiger partial charge in [0.05, 0.1) is 10.9 Å². The van der Waals surface area contributed by atoms with Crippen molar-refractivity contribution in [3.8, 4) is 5.75 Å². The van der Waals surface area contributed by atoms with Gasteiger partial charge >= 0.3 is 6.61 Å². The van der Waals surface area contributed by atoms with Gasteiger partial charge in [-0.25, -0.2) is 8.42 Å². The molecule has 0 heterocycles. The monoisotopic (exact) mass is 395 g/mol. The molecule has 0 fully saturated rings. The lowest BCUT2D eigenvalue weighted by atomic mass is 10.1. The van der Waals surface area contributed by atoms with Gasteiger partial charge in [-0.05, 0) is 36.8 Å². The van der Waals surface area contributed by atoms with E-state index < -0.39 is 22.4 Å². The molecule has 0 aliphatic heterocycles. The third-order valence-corrected chi connectivity index (χ3v) is 4.84. The Morgan fingerprint density at radius 2 is 1.74 bits per heavy atom. The average molecular weight is 395 g/mol. The van der Waals surface area contributed by atoms with E-state index in [4.69, 9.17) is 0 Å². The zero-order chi connectivity index (χ0) is 20.0. The summed E-state index contributed by atoms with van der Waals surface area (Å²) in [6, 6.07) is 11.9. The van der Waals surface area contributed by atoms with Crippen LogP contribution < -0.4 is 10.1 Å². The maximum absolute atomic E-state index is 12.4. The van der Waals surface area contributed by atoms with Crippen LogP contribution in [0.15, 0.2) is 59.5 Å². The zero-order valence-electron chi connectivity index (χ0n) is 14.7. The molecule has 2 aromatic rings. The quantitative estimate of drug-likeness (QED) is 0.728. The summed E-state index contributed by atoms with van der Waals surface area (Å²) in [6.45, 7) is -1.21. The van der Waals surface area contributed by atoms with Gasteiger partial charge in [-0.15, -0.1) is 0 Å². The molecule has 0 spiro atoms. The highest BCUT2D eigenvalue weighted by Gasteiger charge is 2.11. The average Bonchev–Trinajstić information content (AvgIpc) is 2.60. The third kappa shape index (κ3) is 6.18. The highest BCUT2D eigenvalue weighted by molar-refractivity contribution is 7.90. The predicted molar refractivity (Wildman–Crippen MR) is 98.2 cm³/mol. The van der Waals surface area contributed by atoms with E-state index in [2.05, 4.69) is 10.1 Å². The summed E-state index contributed by atoms with van der Waals surface area (Å²) in [5, 5.41) is 2.72. The fourth-order valence-corrected chi connectivity index (χ4v) is 2.97. The Labute approximate surface area is 156 Å². The van der Waals surface area contributed by atoms with Gasteiger partial charge in [0.2, 0.25) is 5.91 Å². The normalized spacial score (nSPS) is 12.9. The van der Waals surface area contributed by atoms with Gasteiger partial charge in [-0.3, -0.25) is 4.79 Å². The van der Waals surface area contributed by atoms with Crippen LogP contribution in [-0.2, 0) is 14.6 Å². The van der Waals surface area contributed by atoms with E-state index in [-0.39, 0.29) is 16.7 Å². The Kier molecular flexibility index (Phi) is 6.68. The molecule has 5 nitrogen and oxygen atoms in total. The summed E-state index contributed by atoms with van der Waals surface area (Å²) in [5.41, 5.74) is 1.07. The highest BCUT2D eigenvalue weighted by atomic mass is 32.2. The molecule has 0 saturated heterocycles. The van der Waals surface area contributed by atoms with Crippen LogP contribution in [0.5, 0.6) is 5.75 Å². The SMILES string of the molecule is CC(NC(=O)/C=C/c1ccccc1OC(F)F)c1ccc(S(C)(=O)=O)cc1. The van der Waals surface area contributed by atoms with E-state index in [0.29, 0.717) is 5.56 Å². The highest BCUT2D eigenvalue weighted by Crippen LogP contribution is 2.21.